The van der Waals surface area contributed by atoms with Crippen LogP contribution in [0.15, 0.2) is 24.3 Å². The number of aromatic carboxylic acids is 1. The average molecular weight is 232 g/mol. The molecule has 1 atom stereocenters. The Morgan fingerprint density at radius 3 is 3.00 bits per heavy atom. The normalized spacial score (nSPS) is 19.7. The third-order valence-corrected chi connectivity index (χ3v) is 2.69. The first-order valence-electron chi connectivity index (χ1n) is 5.31. The van der Waals surface area contributed by atoms with Crippen LogP contribution in [-0.2, 0) is 4.74 Å². The molecule has 5 nitrogen and oxygen atoms in total. The molecule has 0 amide bonds. The Bertz CT molecular complexity index is 467. The number of ether oxygens (including phenoxy) is 1. The monoisotopic (exact) mass is 232 g/mol. The summed E-state index contributed by atoms with van der Waals surface area (Å²) < 4.78 is 5.23. The molecule has 0 aromatic heterocycles. The summed E-state index contributed by atoms with van der Waals surface area (Å²) in [6, 6.07) is 8.84. The quantitative estimate of drug-likeness (QED) is 0.826. The largest absolute Gasteiger partial charge is 0.478 e. The van der Waals surface area contributed by atoms with Gasteiger partial charge >= 0.3 is 5.97 Å². The Hall–Kier alpha value is -2.06. The molecule has 0 bridgehead atoms. The Morgan fingerprint density at radius 1 is 1.53 bits per heavy atom. The highest BCUT2D eigenvalue weighted by molar-refractivity contribution is 5.94. The molecule has 5 heteroatoms. The van der Waals surface area contributed by atoms with Gasteiger partial charge in [0.2, 0.25) is 0 Å². The van der Waals surface area contributed by atoms with Gasteiger partial charge in [0, 0.05) is 6.54 Å². The Balaban J connectivity index is 2.28. The molecule has 1 aromatic rings. The van der Waals surface area contributed by atoms with Crippen molar-refractivity contribution in [2.24, 2.45) is 0 Å². The first-order chi connectivity index (χ1) is 8.22. The molecule has 0 aliphatic carbocycles. The van der Waals surface area contributed by atoms with E-state index in [0.29, 0.717) is 25.4 Å². The summed E-state index contributed by atoms with van der Waals surface area (Å²) in [5.41, 5.74) is 0.898. The lowest BCUT2D eigenvalue weighted by atomic mass is 10.1. The van der Waals surface area contributed by atoms with Crippen LogP contribution in [0.3, 0.4) is 0 Å². The third-order valence-electron chi connectivity index (χ3n) is 2.69. The van der Waals surface area contributed by atoms with Gasteiger partial charge in [-0.05, 0) is 12.1 Å². The van der Waals surface area contributed by atoms with E-state index in [0.717, 1.165) is 0 Å². The lowest BCUT2D eigenvalue weighted by Crippen LogP contribution is -2.42. The highest BCUT2D eigenvalue weighted by Gasteiger charge is 2.23. The maximum absolute atomic E-state index is 11.1. The van der Waals surface area contributed by atoms with E-state index in [9.17, 15) is 4.79 Å². The van der Waals surface area contributed by atoms with Crippen LogP contribution < -0.4 is 4.90 Å². The van der Waals surface area contributed by atoms with Crippen LogP contribution in [0, 0.1) is 11.3 Å². The molecule has 1 unspecified atom stereocenters. The third kappa shape index (κ3) is 2.37. The van der Waals surface area contributed by atoms with E-state index < -0.39 is 12.1 Å². The zero-order chi connectivity index (χ0) is 12.3. The second-order valence-corrected chi connectivity index (χ2v) is 3.76. The molecule has 1 heterocycles. The van der Waals surface area contributed by atoms with Crippen LogP contribution in [0.2, 0.25) is 0 Å². The standard InChI is InChI=1S/C12H12N2O3/c13-7-9-8-14(5-6-17-9)11-4-2-1-3-10(11)12(15)16/h1-4,9H,5-6,8H2,(H,15,16). The van der Waals surface area contributed by atoms with E-state index in [1.54, 1.807) is 24.3 Å². The first kappa shape index (κ1) is 11.4. The molecule has 1 fully saturated rings. The maximum Gasteiger partial charge on any atom is 0.337 e. The minimum Gasteiger partial charge on any atom is -0.478 e. The zero-order valence-electron chi connectivity index (χ0n) is 9.17. The van der Waals surface area contributed by atoms with Crippen LogP contribution in [0.1, 0.15) is 10.4 Å². The van der Waals surface area contributed by atoms with E-state index in [1.807, 2.05) is 11.0 Å². The number of nitrogens with zero attached hydrogens (tertiary/aromatic N) is 2. The van der Waals surface area contributed by atoms with Crippen LogP contribution >= 0.6 is 0 Å². The number of carboxylic acids is 1. The van der Waals surface area contributed by atoms with E-state index >= 15 is 0 Å². The summed E-state index contributed by atoms with van der Waals surface area (Å²) >= 11 is 0. The van der Waals surface area contributed by atoms with Crippen molar-refractivity contribution in [2.75, 3.05) is 24.6 Å². The number of hydrogen-bond donors (Lipinski definition) is 1. The van der Waals surface area contributed by atoms with Gasteiger partial charge in [-0.1, -0.05) is 12.1 Å². The van der Waals surface area contributed by atoms with E-state index in [-0.39, 0.29) is 5.56 Å². The van der Waals surface area contributed by atoms with Crippen molar-refractivity contribution in [3.63, 3.8) is 0 Å². The summed E-state index contributed by atoms with van der Waals surface area (Å²) in [6.07, 6.45) is -0.495. The van der Waals surface area contributed by atoms with Crippen LogP contribution in [0.5, 0.6) is 0 Å². The predicted molar refractivity (Wildman–Crippen MR) is 61.0 cm³/mol. The van der Waals surface area contributed by atoms with Crippen LogP contribution in [0.25, 0.3) is 0 Å². The van der Waals surface area contributed by atoms with E-state index in [2.05, 4.69) is 0 Å². The van der Waals surface area contributed by atoms with Gasteiger partial charge in [-0.15, -0.1) is 0 Å². The summed E-state index contributed by atoms with van der Waals surface area (Å²) in [7, 11) is 0. The second-order valence-electron chi connectivity index (χ2n) is 3.76. The number of anilines is 1. The number of carboxylic acid groups (broad SMARTS) is 1. The van der Waals surface area contributed by atoms with Gasteiger partial charge in [0.15, 0.2) is 6.10 Å². The smallest absolute Gasteiger partial charge is 0.337 e. The minimum atomic E-state index is -0.958. The fourth-order valence-corrected chi connectivity index (χ4v) is 1.88. The molecule has 2 rings (SSSR count). The number of nitriles is 1. The zero-order valence-corrected chi connectivity index (χ0v) is 9.17. The molecule has 0 spiro atoms. The highest BCUT2D eigenvalue weighted by Crippen LogP contribution is 2.22. The van der Waals surface area contributed by atoms with Crippen molar-refractivity contribution in [3.8, 4) is 6.07 Å². The van der Waals surface area contributed by atoms with Crippen molar-refractivity contribution in [1.82, 2.24) is 0 Å². The fraction of sp³-hybridized carbons (Fsp3) is 0.333. The van der Waals surface area contributed by atoms with Gasteiger partial charge in [-0.2, -0.15) is 5.26 Å². The lowest BCUT2D eigenvalue weighted by molar-refractivity contribution is 0.0688. The Kier molecular flexibility index (Phi) is 3.26. The summed E-state index contributed by atoms with van der Waals surface area (Å²) in [6.45, 7) is 1.44. The van der Waals surface area contributed by atoms with E-state index in [4.69, 9.17) is 15.1 Å². The van der Waals surface area contributed by atoms with Gasteiger partial charge in [-0.25, -0.2) is 4.79 Å². The fourth-order valence-electron chi connectivity index (χ4n) is 1.88. The van der Waals surface area contributed by atoms with Gasteiger partial charge in [-0.3, -0.25) is 0 Å². The molecule has 17 heavy (non-hydrogen) atoms. The molecule has 1 N–H and O–H groups in total. The molecule has 0 radical (unpaired) electrons. The number of benzene rings is 1. The second kappa shape index (κ2) is 4.85. The van der Waals surface area contributed by atoms with Crippen LogP contribution in [0.4, 0.5) is 5.69 Å². The average Bonchev–Trinajstić information content (AvgIpc) is 2.39. The summed E-state index contributed by atoms with van der Waals surface area (Å²) in [4.78, 5) is 13.0. The lowest BCUT2D eigenvalue weighted by Gasteiger charge is -2.32. The summed E-state index contributed by atoms with van der Waals surface area (Å²) in [5.74, 6) is -0.958. The van der Waals surface area contributed by atoms with E-state index in [1.165, 1.54) is 0 Å². The Morgan fingerprint density at radius 2 is 2.29 bits per heavy atom. The molecule has 88 valence electrons. The topological polar surface area (TPSA) is 73.6 Å². The molecule has 1 aromatic carbocycles. The number of morpholine rings is 1. The SMILES string of the molecule is N#CC1CN(c2ccccc2C(=O)O)CCO1. The Labute approximate surface area is 98.8 Å². The molecular weight excluding hydrogens is 220 g/mol. The van der Waals surface area contributed by atoms with Crippen molar-refractivity contribution < 1.29 is 14.6 Å². The molecular formula is C12H12N2O3. The van der Waals surface area contributed by atoms with Gasteiger partial charge in [0.1, 0.15) is 0 Å². The number of hydrogen-bond acceptors (Lipinski definition) is 4. The van der Waals surface area contributed by atoms with Crippen LogP contribution in [-0.4, -0.2) is 36.9 Å². The van der Waals surface area contributed by atoms with Crippen molar-refractivity contribution in [3.05, 3.63) is 29.8 Å². The van der Waals surface area contributed by atoms with Gasteiger partial charge in [0.05, 0.1) is 30.5 Å². The maximum atomic E-state index is 11.1. The molecule has 0 saturated carbocycles. The number of para-hydroxylation sites is 1. The molecule has 1 saturated heterocycles. The minimum absolute atomic E-state index is 0.256. The number of carbonyl (C=O) groups is 1. The molecule has 1 aliphatic rings. The highest BCUT2D eigenvalue weighted by atomic mass is 16.5. The van der Waals surface area contributed by atoms with Crippen molar-refractivity contribution in [1.29, 1.82) is 5.26 Å². The van der Waals surface area contributed by atoms with Crippen molar-refractivity contribution in [2.45, 2.75) is 6.10 Å². The summed E-state index contributed by atoms with van der Waals surface area (Å²) in [5, 5.41) is 17.9. The van der Waals surface area contributed by atoms with Crippen molar-refractivity contribution >= 4 is 11.7 Å². The molecule has 1 aliphatic heterocycles. The predicted octanol–water partition coefficient (Wildman–Crippen LogP) is 1.11. The number of rotatable bonds is 2. The van der Waals surface area contributed by atoms with Gasteiger partial charge in [0.25, 0.3) is 0 Å². The van der Waals surface area contributed by atoms with Gasteiger partial charge < -0.3 is 14.7 Å². The first-order valence-corrected chi connectivity index (χ1v) is 5.31.